The van der Waals surface area contributed by atoms with Gasteiger partial charge in [-0.1, -0.05) is 226 Å². The van der Waals surface area contributed by atoms with Gasteiger partial charge in [0.2, 0.25) is 0 Å². The van der Waals surface area contributed by atoms with Gasteiger partial charge in [0, 0.05) is 19.4 Å². The summed E-state index contributed by atoms with van der Waals surface area (Å²) < 4.78 is 17.4. The first-order chi connectivity index (χ1) is 33.6. The zero-order valence-electron chi connectivity index (χ0n) is 44.6. The lowest BCUT2D eigenvalue weighted by atomic mass is 10.1. The molecule has 1 atom stereocenters. The van der Waals surface area contributed by atoms with Gasteiger partial charge in [-0.25, -0.2) is 0 Å². The second-order valence-corrected chi connectivity index (χ2v) is 18.4. The lowest BCUT2D eigenvalue weighted by molar-refractivity contribution is -0.163. The highest BCUT2D eigenvalue weighted by Gasteiger charge is 2.17. The lowest BCUT2D eigenvalue weighted by Crippen LogP contribution is -2.30. The van der Waals surface area contributed by atoms with Crippen LogP contribution in [-0.2, 0) is 23.8 Å². The average molecular weight is 944 g/mol. The molecule has 5 heteroatoms. The van der Waals surface area contributed by atoms with Crippen molar-refractivity contribution in [2.24, 2.45) is 0 Å². The largest absolute Gasteiger partial charge is 0.462 e. The van der Waals surface area contributed by atoms with Crippen molar-refractivity contribution in [3.63, 3.8) is 0 Å². The monoisotopic (exact) mass is 943 g/mol. The molecule has 0 saturated heterocycles. The standard InChI is InChI=1S/C63H106O5/c1-4-7-10-13-16-19-22-25-28-30-32-33-36-38-41-44-47-50-53-56-62(64)67-60-61(68-63(65)57-54-51-48-45-42-39-35-27-24-21-18-15-12-9-6-3)59-66-58-55-52-49-46-43-40-37-34-31-29-26-23-20-17-14-11-8-5-2/h8-9,11-12,16-21,25-29,35,42,45,61H,4-7,10,13-15,22-24,30-34,36-41,43-44,46-60H2,1-3H3/b11-8-,12-9-,19-16-,20-17-,21-18-,28-25-,29-26-,35-27-,45-42-. The van der Waals surface area contributed by atoms with Crippen LogP contribution in [0.5, 0.6) is 0 Å². The quantitative estimate of drug-likeness (QED) is 0.0345. The molecular formula is C63H106O5. The van der Waals surface area contributed by atoms with E-state index in [0.29, 0.717) is 19.4 Å². The van der Waals surface area contributed by atoms with Crippen LogP contribution >= 0.6 is 0 Å². The summed E-state index contributed by atoms with van der Waals surface area (Å²) in [5.41, 5.74) is 0. The third kappa shape index (κ3) is 55.2. The van der Waals surface area contributed by atoms with Gasteiger partial charge >= 0.3 is 11.9 Å². The molecule has 0 aliphatic heterocycles. The number of allylic oxidation sites excluding steroid dienone is 18. The zero-order valence-corrected chi connectivity index (χ0v) is 44.6. The molecule has 388 valence electrons. The SMILES string of the molecule is CC/C=C\C/C=C\C/C=C\C/C=C\CCCCC(=O)OC(COCCCCCCCCCC/C=C\C/C=C\C/C=C\CC)COC(=O)CCCCCCCCCCC/C=C\C/C=C\CCCCC. The fraction of sp³-hybridized carbons (Fsp3) is 0.683. The van der Waals surface area contributed by atoms with Crippen LogP contribution in [0.2, 0.25) is 0 Å². The highest BCUT2D eigenvalue weighted by molar-refractivity contribution is 5.70. The van der Waals surface area contributed by atoms with Gasteiger partial charge in [-0.15, -0.1) is 0 Å². The number of unbranched alkanes of at least 4 members (excludes halogenated alkanes) is 22. The van der Waals surface area contributed by atoms with Crippen LogP contribution in [0.25, 0.3) is 0 Å². The van der Waals surface area contributed by atoms with E-state index in [1.54, 1.807) is 0 Å². The Morgan fingerprint density at radius 2 is 0.662 bits per heavy atom. The maximum absolute atomic E-state index is 12.8. The van der Waals surface area contributed by atoms with Gasteiger partial charge in [0.25, 0.3) is 0 Å². The molecule has 0 aliphatic carbocycles. The Hall–Kier alpha value is -3.44. The third-order valence-electron chi connectivity index (χ3n) is 11.8. The average Bonchev–Trinajstić information content (AvgIpc) is 3.34. The fourth-order valence-electron chi connectivity index (χ4n) is 7.60. The van der Waals surface area contributed by atoms with Crippen molar-refractivity contribution >= 4 is 11.9 Å². The van der Waals surface area contributed by atoms with E-state index in [2.05, 4.69) is 130 Å². The summed E-state index contributed by atoms with van der Waals surface area (Å²) in [4.78, 5) is 25.5. The molecule has 0 spiro atoms. The molecule has 0 fully saturated rings. The van der Waals surface area contributed by atoms with E-state index in [4.69, 9.17) is 14.2 Å². The van der Waals surface area contributed by atoms with Crippen LogP contribution in [0.3, 0.4) is 0 Å². The molecule has 68 heavy (non-hydrogen) atoms. The van der Waals surface area contributed by atoms with Gasteiger partial charge in [-0.05, 0) is 122 Å². The summed E-state index contributed by atoms with van der Waals surface area (Å²) in [6.07, 6.45) is 79.7. The first-order valence-electron chi connectivity index (χ1n) is 28.4. The molecule has 0 radical (unpaired) electrons. The van der Waals surface area contributed by atoms with E-state index < -0.39 is 6.10 Å². The van der Waals surface area contributed by atoms with Crippen molar-refractivity contribution in [3.05, 3.63) is 109 Å². The van der Waals surface area contributed by atoms with E-state index in [1.165, 1.54) is 116 Å². The van der Waals surface area contributed by atoms with Crippen LogP contribution in [0.15, 0.2) is 109 Å². The minimum atomic E-state index is -0.571. The van der Waals surface area contributed by atoms with E-state index in [9.17, 15) is 9.59 Å². The predicted molar refractivity (Wildman–Crippen MR) is 297 cm³/mol. The van der Waals surface area contributed by atoms with Crippen LogP contribution in [-0.4, -0.2) is 37.9 Å². The number of ether oxygens (including phenoxy) is 3. The number of hydrogen-bond acceptors (Lipinski definition) is 5. The van der Waals surface area contributed by atoms with Crippen molar-refractivity contribution in [1.29, 1.82) is 0 Å². The molecule has 0 bridgehead atoms. The lowest BCUT2D eigenvalue weighted by Gasteiger charge is -2.18. The third-order valence-corrected chi connectivity index (χ3v) is 11.8. The van der Waals surface area contributed by atoms with Gasteiger partial charge in [0.05, 0.1) is 6.61 Å². The maximum Gasteiger partial charge on any atom is 0.306 e. The van der Waals surface area contributed by atoms with E-state index in [-0.39, 0.29) is 25.2 Å². The number of esters is 2. The van der Waals surface area contributed by atoms with Crippen LogP contribution in [0.4, 0.5) is 0 Å². The first-order valence-corrected chi connectivity index (χ1v) is 28.4. The summed E-state index contributed by atoms with van der Waals surface area (Å²) in [6.45, 7) is 7.52. The molecule has 0 aromatic rings. The molecular weight excluding hydrogens is 837 g/mol. The Morgan fingerprint density at radius 3 is 1.09 bits per heavy atom. The Kier molecular flexibility index (Phi) is 54.9. The molecule has 0 aliphatic rings. The summed E-state index contributed by atoms with van der Waals surface area (Å²) >= 11 is 0. The molecule has 0 aromatic carbocycles. The normalized spacial score (nSPS) is 13.0. The van der Waals surface area contributed by atoms with Gasteiger partial charge in [0.15, 0.2) is 6.10 Å². The predicted octanol–water partition coefficient (Wildman–Crippen LogP) is 19.6. The summed E-state index contributed by atoms with van der Waals surface area (Å²) in [7, 11) is 0. The van der Waals surface area contributed by atoms with Crippen molar-refractivity contribution in [2.45, 2.75) is 258 Å². The van der Waals surface area contributed by atoms with E-state index >= 15 is 0 Å². The smallest absolute Gasteiger partial charge is 0.306 e. The Morgan fingerprint density at radius 1 is 0.338 bits per heavy atom. The van der Waals surface area contributed by atoms with Gasteiger partial charge in [-0.3, -0.25) is 9.59 Å². The summed E-state index contributed by atoms with van der Waals surface area (Å²) in [5.74, 6) is -0.455. The summed E-state index contributed by atoms with van der Waals surface area (Å²) in [5, 5.41) is 0. The van der Waals surface area contributed by atoms with Gasteiger partial charge in [0.1, 0.15) is 6.61 Å². The van der Waals surface area contributed by atoms with Crippen LogP contribution in [0, 0.1) is 0 Å². The Labute approximate surface area is 421 Å². The number of carbonyl (C=O) groups excluding carboxylic acids is 2. The van der Waals surface area contributed by atoms with Crippen molar-refractivity contribution in [3.8, 4) is 0 Å². The highest BCUT2D eigenvalue weighted by atomic mass is 16.6. The van der Waals surface area contributed by atoms with Gasteiger partial charge < -0.3 is 14.2 Å². The minimum Gasteiger partial charge on any atom is -0.462 e. The second kappa shape index (κ2) is 57.9. The highest BCUT2D eigenvalue weighted by Crippen LogP contribution is 2.14. The number of rotatable bonds is 51. The molecule has 0 heterocycles. The minimum absolute atomic E-state index is 0.0578. The molecule has 0 N–H and O–H groups in total. The maximum atomic E-state index is 12.8. The molecule has 0 amide bonds. The first kappa shape index (κ1) is 64.6. The molecule has 0 aromatic heterocycles. The van der Waals surface area contributed by atoms with E-state index in [0.717, 1.165) is 103 Å². The Balaban J connectivity index is 4.35. The van der Waals surface area contributed by atoms with Crippen LogP contribution < -0.4 is 0 Å². The van der Waals surface area contributed by atoms with Crippen molar-refractivity contribution in [1.82, 2.24) is 0 Å². The molecule has 0 rings (SSSR count). The molecule has 1 unspecified atom stereocenters. The van der Waals surface area contributed by atoms with E-state index in [1.807, 2.05) is 0 Å². The number of carbonyl (C=O) groups is 2. The van der Waals surface area contributed by atoms with Gasteiger partial charge in [-0.2, -0.15) is 0 Å². The van der Waals surface area contributed by atoms with Crippen LogP contribution in [0.1, 0.15) is 252 Å². The topological polar surface area (TPSA) is 61.8 Å². The Bertz CT molecular complexity index is 1340. The molecule has 0 saturated carbocycles. The van der Waals surface area contributed by atoms with Crippen molar-refractivity contribution < 1.29 is 23.8 Å². The molecule has 5 nitrogen and oxygen atoms in total. The number of hydrogen-bond donors (Lipinski definition) is 0. The fourth-order valence-corrected chi connectivity index (χ4v) is 7.60. The second-order valence-electron chi connectivity index (χ2n) is 18.4. The zero-order chi connectivity index (χ0) is 49.2. The summed E-state index contributed by atoms with van der Waals surface area (Å²) in [6, 6.07) is 0. The van der Waals surface area contributed by atoms with Crippen molar-refractivity contribution in [2.75, 3.05) is 19.8 Å².